The van der Waals surface area contributed by atoms with Crippen LogP contribution < -0.4 is 10.2 Å². The Hall–Kier alpha value is -2.13. The van der Waals surface area contributed by atoms with Gasteiger partial charge in [0.15, 0.2) is 0 Å². The maximum atomic E-state index is 11.8. The standard InChI is InChI=1S/C13H17N5O/c1-17-6-8-18(9-7-17)12-10-11(2-4-15-12)13(19)16-5-3-14/h2,4,10H,5-9H2,1H3,(H,16,19). The van der Waals surface area contributed by atoms with Gasteiger partial charge in [-0.2, -0.15) is 5.26 Å². The Morgan fingerprint density at radius 1 is 1.47 bits per heavy atom. The van der Waals surface area contributed by atoms with Crippen molar-refractivity contribution in [2.75, 3.05) is 44.7 Å². The summed E-state index contributed by atoms with van der Waals surface area (Å²) in [5.74, 6) is 0.581. The maximum absolute atomic E-state index is 11.8. The van der Waals surface area contributed by atoms with Crippen LogP contribution in [0.5, 0.6) is 0 Å². The first-order valence-corrected chi connectivity index (χ1v) is 6.25. The van der Waals surface area contributed by atoms with Crippen molar-refractivity contribution in [1.29, 1.82) is 5.26 Å². The van der Waals surface area contributed by atoms with Crippen molar-refractivity contribution in [1.82, 2.24) is 15.2 Å². The van der Waals surface area contributed by atoms with E-state index in [0.717, 1.165) is 32.0 Å². The SMILES string of the molecule is CN1CCN(c2cc(C(=O)NCC#N)ccn2)CC1. The van der Waals surface area contributed by atoms with Crippen LogP contribution in [0.15, 0.2) is 18.3 Å². The summed E-state index contributed by atoms with van der Waals surface area (Å²) < 4.78 is 0. The number of nitrogens with zero attached hydrogens (tertiary/aromatic N) is 4. The Balaban J connectivity index is 2.07. The van der Waals surface area contributed by atoms with Crippen molar-refractivity contribution in [2.45, 2.75) is 0 Å². The second-order valence-electron chi connectivity index (χ2n) is 4.53. The van der Waals surface area contributed by atoms with Crippen LogP contribution in [0.2, 0.25) is 0 Å². The summed E-state index contributed by atoms with van der Waals surface area (Å²) in [6.45, 7) is 3.82. The quantitative estimate of drug-likeness (QED) is 0.779. The second-order valence-corrected chi connectivity index (χ2v) is 4.53. The summed E-state index contributed by atoms with van der Waals surface area (Å²) in [4.78, 5) is 20.5. The van der Waals surface area contributed by atoms with Crippen molar-refractivity contribution in [2.24, 2.45) is 0 Å². The number of hydrogen-bond donors (Lipinski definition) is 1. The lowest BCUT2D eigenvalue weighted by Gasteiger charge is -2.33. The van der Waals surface area contributed by atoms with Gasteiger partial charge in [0, 0.05) is 37.9 Å². The summed E-state index contributed by atoms with van der Waals surface area (Å²) in [6, 6.07) is 5.32. The number of aromatic nitrogens is 1. The molecule has 0 atom stereocenters. The largest absolute Gasteiger partial charge is 0.354 e. The fourth-order valence-corrected chi connectivity index (χ4v) is 1.99. The van der Waals surface area contributed by atoms with Crippen molar-refractivity contribution in [3.8, 4) is 6.07 Å². The number of anilines is 1. The molecule has 19 heavy (non-hydrogen) atoms. The molecule has 1 aliphatic heterocycles. The molecule has 1 saturated heterocycles. The van der Waals surface area contributed by atoms with E-state index in [4.69, 9.17) is 5.26 Å². The van der Waals surface area contributed by atoms with Gasteiger partial charge in [-0.25, -0.2) is 4.98 Å². The molecular formula is C13H17N5O. The Bertz CT molecular complexity index is 488. The third-order valence-electron chi connectivity index (χ3n) is 3.16. The van der Waals surface area contributed by atoms with Crippen LogP contribution in [-0.2, 0) is 0 Å². The molecule has 0 aromatic carbocycles. The summed E-state index contributed by atoms with van der Waals surface area (Å²) in [7, 11) is 2.09. The minimum Gasteiger partial charge on any atom is -0.354 e. The van der Waals surface area contributed by atoms with Gasteiger partial charge in [0.25, 0.3) is 5.91 Å². The van der Waals surface area contributed by atoms with Gasteiger partial charge in [0.05, 0.1) is 6.07 Å². The molecular weight excluding hydrogens is 242 g/mol. The van der Waals surface area contributed by atoms with Crippen LogP contribution in [0.4, 0.5) is 5.82 Å². The van der Waals surface area contributed by atoms with Crippen molar-refractivity contribution in [3.05, 3.63) is 23.9 Å². The average molecular weight is 259 g/mol. The molecule has 0 aliphatic carbocycles. The zero-order valence-corrected chi connectivity index (χ0v) is 11.0. The van der Waals surface area contributed by atoms with Crippen LogP contribution in [-0.4, -0.2) is 55.6 Å². The first-order chi connectivity index (χ1) is 9.20. The first kappa shape index (κ1) is 13.3. The predicted molar refractivity (Wildman–Crippen MR) is 71.9 cm³/mol. The lowest BCUT2D eigenvalue weighted by molar-refractivity contribution is 0.0958. The minimum absolute atomic E-state index is 0.0188. The normalized spacial score (nSPS) is 15.9. The van der Waals surface area contributed by atoms with Crippen molar-refractivity contribution >= 4 is 11.7 Å². The van der Waals surface area contributed by atoms with Gasteiger partial charge in [-0.05, 0) is 19.2 Å². The third kappa shape index (κ3) is 3.42. The fourth-order valence-electron chi connectivity index (χ4n) is 1.99. The molecule has 6 heteroatoms. The van der Waals surface area contributed by atoms with Crippen LogP contribution >= 0.6 is 0 Å². The third-order valence-corrected chi connectivity index (χ3v) is 3.16. The Morgan fingerprint density at radius 3 is 2.89 bits per heavy atom. The average Bonchev–Trinajstić information content (AvgIpc) is 2.45. The van der Waals surface area contributed by atoms with E-state index in [1.807, 2.05) is 6.07 Å². The number of hydrogen-bond acceptors (Lipinski definition) is 5. The van der Waals surface area contributed by atoms with Crippen LogP contribution in [0, 0.1) is 11.3 Å². The van der Waals surface area contributed by atoms with Gasteiger partial charge < -0.3 is 15.1 Å². The fraction of sp³-hybridized carbons (Fsp3) is 0.462. The van der Waals surface area contributed by atoms with E-state index < -0.39 is 0 Å². The topological polar surface area (TPSA) is 72.3 Å². The molecule has 2 heterocycles. The Labute approximate surface area is 112 Å². The number of likely N-dealkylation sites (N-methyl/N-ethyl adjacent to an activating group) is 1. The number of pyridine rings is 1. The highest BCUT2D eigenvalue weighted by molar-refractivity contribution is 5.94. The van der Waals surface area contributed by atoms with Crippen molar-refractivity contribution in [3.63, 3.8) is 0 Å². The predicted octanol–water partition coefficient (Wildman–Crippen LogP) is 0.0868. The van der Waals surface area contributed by atoms with E-state index in [1.54, 1.807) is 18.3 Å². The molecule has 2 rings (SSSR count). The van der Waals surface area contributed by atoms with E-state index >= 15 is 0 Å². The number of carbonyl (C=O) groups is 1. The van der Waals surface area contributed by atoms with Crippen LogP contribution in [0.1, 0.15) is 10.4 Å². The maximum Gasteiger partial charge on any atom is 0.252 e. The molecule has 1 amide bonds. The molecule has 0 saturated carbocycles. The first-order valence-electron chi connectivity index (χ1n) is 6.25. The number of rotatable bonds is 3. The molecule has 0 spiro atoms. The monoisotopic (exact) mass is 259 g/mol. The molecule has 6 nitrogen and oxygen atoms in total. The molecule has 1 aromatic heterocycles. The summed E-state index contributed by atoms with van der Waals surface area (Å²) in [6.07, 6.45) is 1.63. The number of nitrogens with one attached hydrogen (secondary N) is 1. The highest BCUT2D eigenvalue weighted by atomic mass is 16.1. The van der Waals surface area contributed by atoms with Crippen LogP contribution in [0.25, 0.3) is 0 Å². The minimum atomic E-state index is -0.237. The lowest BCUT2D eigenvalue weighted by atomic mass is 10.2. The molecule has 0 bridgehead atoms. The van der Waals surface area contributed by atoms with E-state index in [0.29, 0.717) is 5.56 Å². The molecule has 1 aromatic rings. The van der Waals surface area contributed by atoms with Gasteiger partial charge in [0.1, 0.15) is 12.4 Å². The second kappa shape index (κ2) is 6.16. The van der Waals surface area contributed by atoms with Crippen LogP contribution in [0.3, 0.4) is 0 Å². The molecule has 1 aliphatic rings. The van der Waals surface area contributed by atoms with E-state index in [9.17, 15) is 4.79 Å². The van der Waals surface area contributed by atoms with Gasteiger partial charge in [-0.15, -0.1) is 0 Å². The molecule has 1 N–H and O–H groups in total. The smallest absolute Gasteiger partial charge is 0.252 e. The summed E-state index contributed by atoms with van der Waals surface area (Å²) >= 11 is 0. The lowest BCUT2D eigenvalue weighted by Crippen LogP contribution is -2.44. The molecule has 1 fully saturated rings. The Morgan fingerprint density at radius 2 is 2.21 bits per heavy atom. The van der Waals surface area contributed by atoms with Gasteiger partial charge in [0.2, 0.25) is 0 Å². The summed E-state index contributed by atoms with van der Waals surface area (Å²) in [5, 5.41) is 11.0. The number of nitriles is 1. The Kier molecular flexibility index (Phi) is 4.31. The highest BCUT2D eigenvalue weighted by Crippen LogP contribution is 2.14. The summed E-state index contributed by atoms with van der Waals surface area (Å²) in [5.41, 5.74) is 0.541. The number of carbonyl (C=O) groups excluding carboxylic acids is 1. The molecule has 0 unspecified atom stereocenters. The highest BCUT2D eigenvalue weighted by Gasteiger charge is 2.16. The van der Waals surface area contributed by atoms with E-state index in [1.165, 1.54) is 0 Å². The van der Waals surface area contributed by atoms with E-state index in [2.05, 4.69) is 27.1 Å². The van der Waals surface area contributed by atoms with Crippen molar-refractivity contribution < 1.29 is 4.79 Å². The van der Waals surface area contributed by atoms with Gasteiger partial charge in [-0.3, -0.25) is 4.79 Å². The molecule has 0 radical (unpaired) electrons. The van der Waals surface area contributed by atoms with E-state index in [-0.39, 0.29) is 12.5 Å². The van der Waals surface area contributed by atoms with Gasteiger partial charge >= 0.3 is 0 Å². The zero-order valence-electron chi connectivity index (χ0n) is 11.0. The number of amides is 1. The van der Waals surface area contributed by atoms with Gasteiger partial charge in [-0.1, -0.05) is 0 Å². The molecule has 100 valence electrons. The zero-order chi connectivity index (χ0) is 13.7. The number of piperazine rings is 1.